The fourth-order valence-electron chi connectivity index (χ4n) is 4.24. The number of ether oxygens (including phenoxy) is 4. The maximum atomic E-state index is 10.8. The van der Waals surface area contributed by atoms with Crippen LogP contribution in [0.2, 0.25) is 0 Å². The summed E-state index contributed by atoms with van der Waals surface area (Å²) in [5.74, 6) is 1.50. The lowest BCUT2D eigenvalue weighted by molar-refractivity contribution is 0.0944. The molecule has 0 spiro atoms. The third-order valence-corrected chi connectivity index (χ3v) is 6.01. The van der Waals surface area contributed by atoms with Crippen LogP contribution in [0.3, 0.4) is 0 Å². The van der Waals surface area contributed by atoms with Crippen molar-refractivity contribution in [1.29, 1.82) is 0 Å². The van der Waals surface area contributed by atoms with Gasteiger partial charge in [-0.05, 0) is 31.2 Å². The van der Waals surface area contributed by atoms with Gasteiger partial charge in [-0.2, -0.15) is 0 Å². The standard InChI is InChI=1S/C29H30N2O5/c1-20-12-23(14-33-16-25-18-35-28(30-25)21-8-4-2-5-9-21)27(32)24(13-20)15-34-17-26-19-36-29(31-26)22-10-6-3-7-11-22/h2-13,25-26,32H,14-19H2,1H3/t25-,26-/m1/s1. The highest BCUT2D eigenvalue weighted by molar-refractivity contribution is 5.95. The highest BCUT2D eigenvalue weighted by atomic mass is 16.5. The molecule has 186 valence electrons. The SMILES string of the molecule is Cc1cc(COC[C@@H]2COC(c3ccccc3)=N2)c(O)c(COC[C@@H]2COC(c3ccccc3)=N2)c1. The van der Waals surface area contributed by atoms with Crippen molar-refractivity contribution in [2.75, 3.05) is 26.4 Å². The maximum Gasteiger partial charge on any atom is 0.216 e. The van der Waals surface area contributed by atoms with Crippen molar-refractivity contribution in [3.05, 3.63) is 101 Å². The predicted molar refractivity (Wildman–Crippen MR) is 138 cm³/mol. The fourth-order valence-corrected chi connectivity index (χ4v) is 4.24. The van der Waals surface area contributed by atoms with E-state index in [0.29, 0.717) is 38.2 Å². The molecular weight excluding hydrogens is 456 g/mol. The monoisotopic (exact) mass is 486 g/mol. The number of hydrogen-bond donors (Lipinski definition) is 1. The summed E-state index contributed by atoms with van der Waals surface area (Å²) in [6, 6.07) is 23.4. The molecule has 5 rings (SSSR count). The van der Waals surface area contributed by atoms with Gasteiger partial charge in [0.05, 0.1) is 26.4 Å². The van der Waals surface area contributed by atoms with Gasteiger partial charge in [-0.1, -0.05) is 54.1 Å². The predicted octanol–water partition coefficient (Wildman–Crippen LogP) is 4.43. The van der Waals surface area contributed by atoms with Crippen LogP contribution in [0.25, 0.3) is 0 Å². The third kappa shape index (κ3) is 5.93. The molecule has 36 heavy (non-hydrogen) atoms. The number of phenolic OH excluding ortho intramolecular Hbond substituents is 1. The van der Waals surface area contributed by atoms with E-state index < -0.39 is 0 Å². The molecular formula is C29H30N2O5. The van der Waals surface area contributed by atoms with E-state index in [4.69, 9.17) is 18.9 Å². The molecule has 0 amide bonds. The van der Waals surface area contributed by atoms with Crippen LogP contribution in [0.4, 0.5) is 0 Å². The normalized spacial score (nSPS) is 18.9. The van der Waals surface area contributed by atoms with E-state index in [-0.39, 0.29) is 31.0 Å². The quantitative estimate of drug-likeness (QED) is 0.459. The van der Waals surface area contributed by atoms with Crippen molar-refractivity contribution < 1.29 is 24.1 Å². The molecule has 7 heteroatoms. The molecule has 0 fully saturated rings. The minimum Gasteiger partial charge on any atom is -0.507 e. The van der Waals surface area contributed by atoms with E-state index in [1.165, 1.54) is 0 Å². The summed E-state index contributed by atoms with van der Waals surface area (Å²) in [7, 11) is 0. The number of aryl methyl sites for hydroxylation is 1. The number of rotatable bonds is 10. The molecule has 3 aromatic rings. The van der Waals surface area contributed by atoms with E-state index >= 15 is 0 Å². The molecule has 2 atom stereocenters. The molecule has 1 N–H and O–H groups in total. The van der Waals surface area contributed by atoms with Crippen molar-refractivity contribution in [2.45, 2.75) is 32.2 Å². The number of hydrogen-bond acceptors (Lipinski definition) is 7. The van der Waals surface area contributed by atoms with Crippen molar-refractivity contribution in [3.8, 4) is 5.75 Å². The third-order valence-electron chi connectivity index (χ3n) is 6.01. The molecule has 0 unspecified atom stereocenters. The molecule has 3 aromatic carbocycles. The summed E-state index contributed by atoms with van der Waals surface area (Å²) < 4.78 is 23.2. The average molecular weight is 487 g/mol. The Bertz CT molecular complexity index is 1130. The lowest BCUT2D eigenvalue weighted by Crippen LogP contribution is -2.15. The first-order chi connectivity index (χ1) is 17.7. The Morgan fingerprint density at radius 2 is 1.19 bits per heavy atom. The molecule has 7 nitrogen and oxygen atoms in total. The van der Waals surface area contributed by atoms with Gasteiger partial charge in [0.1, 0.15) is 31.0 Å². The molecule has 0 radical (unpaired) electrons. The van der Waals surface area contributed by atoms with Gasteiger partial charge in [0.2, 0.25) is 11.8 Å². The van der Waals surface area contributed by atoms with Crippen molar-refractivity contribution in [2.24, 2.45) is 9.98 Å². The minimum absolute atomic E-state index is 0.0649. The van der Waals surface area contributed by atoms with Crippen LogP contribution in [-0.2, 0) is 32.2 Å². The number of nitrogens with zero attached hydrogens (tertiary/aromatic N) is 2. The lowest BCUT2D eigenvalue weighted by atomic mass is 10.1. The first kappa shape index (κ1) is 24.0. The molecule has 0 aromatic heterocycles. The maximum absolute atomic E-state index is 10.8. The number of benzene rings is 3. The second-order valence-electron chi connectivity index (χ2n) is 8.99. The van der Waals surface area contributed by atoms with Crippen LogP contribution in [0.5, 0.6) is 5.75 Å². The summed E-state index contributed by atoms with van der Waals surface area (Å²) in [5, 5.41) is 10.8. The van der Waals surface area contributed by atoms with Crippen LogP contribution in [-0.4, -0.2) is 55.4 Å². The smallest absolute Gasteiger partial charge is 0.216 e. The first-order valence-electron chi connectivity index (χ1n) is 12.1. The molecule has 2 aliphatic heterocycles. The fraction of sp³-hybridized carbons (Fsp3) is 0.310. The van der Waals surface area contributed by atoms with Gasteiger partial charge in [-0.25, -0.2) is 9.98 Å². The second-order valence-corrected chi connectivity index (χ2v) is 8.99. The zero-order valence-corrected chi connectivity index (χ0v) is 20.3. The number of aliphatic imine (C=N–C) groups is 2. The second kappa shape index (κ2) is 11.4. The minimum atomic E-state index is -0.0649. The van der Waals surface area contributed by atoms with Crippen LogP contribution in [0.15, 0.2) is 82.8 Å². The van der Waals surface area contributed by atoms with Gasteiger partial charge in [0.25, 0.3) is 0 Å². The zero-order chi connectivity index (χ0) is 24.7. The van der Waals surface area contributed by atoms with Gasteiger partial charge in [-0.15, -0.1) is 0 Å². The summed E-state index contributed by atoms with van der Waals surface area (Å²) in [5.41, 5.74) is 4.42. The van der Waals surface area contributed by atoms with Crippen molar-refractivity contribution in [3.63, 3.8) is 0 Å². The largest absolute Gasteiger partial charge is 0.507 e. The highest BCUT2D eigenvalue weighted by Gasteiger charge is 2.22. The van der Waals surface area contributed by atoms with E-state index in [1.807, 2.05) is 79.7 Å². The van der Waals surface area contributed by atoms with Crippen LogP contribution < -0.4 is 0 Å². The molecule has 2 aliphatic rings. The van der Waals surface area contributed by atoms with Gasteiger partial charge in [0, 0.05) is 22.3 Å². The molecule has 2 heterocycles. The van der Waals surface area contributed by atoms with E-state index in [9.17, 15) is 5.11 Å². The Kier molecular flexibility index (Phi) is 7.59. The molecule has 0 aliphatic carbocycles. The highest BCUT2D eigenvalue weighted by Crippen LogP contribution is 2.27. The Morgan fingerprint density at radius 3 is 1.64 bits per heavy atom. The first-order valence-corrected chi connectivity index (χ1v) is 12.1. The van der Waals surface area contributed by atoms with Crippen LogP contribution >= 0.6 is 0 Å². The van der Waals surface area contributed by atoms with E-state index in [0.717, 1.165) is 27.8 Å². The van der Waals surface area contributed by atoms with Gasteiger partial charge >= 0.3 is 0 Å². The Balaban J connectivity index is 1.12. The van der Waals surface area contributed by atoms with Crippen molar-refractivity contribution >= 4 is 11.8 Å². The molecule has 0 saturated carbocycles. The van der Waals surface area contributed by atoms with Gasteiger partial charge < -0.3 is 24.1 Å². The molecule has 0 saturated heterocycles. The Labute approximate surface area is 211 Å². The summed E-state index contributed by atoms with van der Waals surface area (Å²) in [6.07, 6.45) is 0. The van der Waals surface area contributed by atoms with Crippen LogP contribution in [0.1, 0.15) is 27.8 Å². The van der Waals surface area contributed by atoms with E-state index in [1.54, 1.807) is 0 Å². The summed E-state index contributed by atoms with van der Waals surface area (Å²) >= 11 is 0. The van der Waals surface area contributed by atoms with Gasteiger partial charge in [0.15, 0.2) is 0 Å². The van der Waals surface area contributed by atoms with Crippen LogP contribution in [0, 0.1) is 6.92 Å². The topological polar surface area (TPSA) is 81.9 Å². The zero-order valence-electron chi connectivity index (χ0n) is 20.3. The number of aromatic hydroxyl groups is 1. The summed E-state index contributed by atoms with van der Waals surface area (Å²) in [6.45, 7) is 4.38. The average Bonchev–Trinajstić information content (AvgIpc) is 3.58. The van der Waals surface area contributed by atoms with Crippen molar-refractivity contribution in [1.82, 2.24) is 0 Å². The summed E-state index contributed by atoms with van der Waals surface area (Å²) in [4.78, 5) is 9.23. The lowest BCUT2D eigenvalue weighted by Gasteiger charge is -2.14. The number of phenols is 1. The Morgan fingerprint density at radius 1 is 0.750 bits per heavy atom. The molecule has 0 bridgehead atoms. The van der Waals surface area contributed by atoms with E-state index in [2.05, 4.69) is 9.98 Å². The Hall–Kier alpha value is -3.68. The van der Waals surface area contributed by atoms with Gasteiger partial charge in [-0.3, -0.25) is 0 Å².